The van der Waals surface area contributed by atoms with Gasteiger partial charge in [0.2, 0.25) is 0 Å². The van der Waals surface area contributed by atoms with Gasteiger partial charge in [-0.25, -0.2) is 0 Å². The second kappa shape index (κ2) is 4.16. The van der Waals surface area contributed by atoms with Crippen LogP contribution in [-0.2, 0) is 0 Å². The number of hydrogen-bond donors (Lipinski definition) is 0. The third-order valence-corrected chi connectivity index (χ3v) is 1.53. The Labute approximate surface area is 75.6 Å². The van der Waals surface area contributed by atoms with Crippen LogP contribution in [0, 0.1) is 6.20 Å². The van der Waals surface area contributed by atoms with E-state index in [1.165, 1.54) is 12.3 Å². The highest BCUT2D eigenvalue weighted by molar-refractivity contribution is 5.24. The van der Waals surface area contributed by atoms with Crippen LogP contribution in [0.2, 0.25) is 0 Å². The van der Waals surface area contributed by atoms with Gasteiger partial charge in [-0.1, -0.05) is 13.8 Å². The Hall–Kier alpha value is -1.19. The summed E-state index contributed by atoms with van der Waals surface area (Å²) < 4.78 is 27.8. The van der Waals surface area contributed by atoms with E-state index in [1.807, 2.05) is 13.8 Å². The van der Waals surface area contributed by atoms with Gasteiger partial charge in [-0.15, -0.1) is 0 Å². The molecule has 1 aromatic heterocycles. The first-order valence-corrected chi connectivity index (χ1v) is 3.92. The average Bonchev–Trinajstić information content (AvgIpc) is 2.03. The normalized spacial score (nSPS) is 10.9. The molecule has 13 heavy (non-hydrogen) atoms. The highest BCUT2D eigenvalue weighted by atomic mass is 19.3. The second-order valence-electron chi connectivity index (χ2n) is 2.91. The summed E-state index contributed by atoms with van der Waals surface area (Å²) in [5, 5.41) is 0. The summed E-state index contributed by atoms with van der Waals surface area (Å²) in [6.07, 6.45) is 3.93. The summed E-state index contributed by atoms with van der Waals surface area (Å²) >= 11 is 0. The lowest BCUT2D eigenvalue weighted by Gasteiger charge is -2.07. The fourth-order valence-corrected chi connectivity index (χ4v) is 0.856. The van der Waals surface area contributed by atoms with Gasteiger partial charge in [0.25, 0.3) is 0 Å². The molecule has 0 atom stereocenters. The van der Waals surface area contributed by atoms with E-state index in [2.05, 4.69) is 15.9 Å². The van der Waals surface area contributed by atoms with E-state index >= 15 is 0 Å². The Morgan fingerprint density at radius 1 is 1.46 bits per heavy atom. The highest BCUT2D eigenvalue weighted by Gasteiger charge is 2.06. The number of ether oxygens (including phenoxy) is 1. The van der Waals surface area contributed by atoms with E-state index in [0.29, 0.717) is 0 Å². The second-order valence-corrected chi connectivity index (χ2v) is 2.91. The maximum atomic E-state index is 11.8. The SMILES string of the molecule is CC(C)c1[c]ncc(OC(F)F)c1. The molecule has 0 aliphatic rings. The largest absolute Gasteiger partial charge is 0.433 e. The van der Waals surface area contributed by atoms with Crippen molar-refractivity contribution in [3.05, 3.63) is 24.0 Å². The van der Waals surface area contributed by atoms with Crippen molar-refractivity contribution in [2.75, 3.05) is 0 Å². The van der Waals surface area contributed by atoms with Crippen LogP contribution in [0.25, 0.3) is 0 Å². The Morgan fingerprint density at radius 2 is 2.15 bits per heavy atom. The van der Waals surface area contributed by atoms with Crippen molar-refractivity contribution in [2.24, 2.45) is 0 Å². The fourth-order valence-electron chi connectivity index (χ4n) is 0.856. The molecule has 1 radical (unpaired) electrons. The van der Waals surface area contributed by atoms with E-state index in [1.54, 1.807) is 0 Å². The van der Waals surface area contributed by atoms with Crippen LogP contribution in [-0.4, -0.2) is 11.6 Å². The van der Waals surface area contributed by atoms with E-state index < -0.39 is 6.61 Å². The molecule has 0 aromatic carbocycles. The summed E-state index contributed by atoms with van der Waals surface area (Å²) in [6, 6.07) is 1.52. The van der Waals surface area contributed by atoms with Gasteiger partial charge in [0.1, 0.15) is 5.75 Å². The van der Waals surface area contributed by atoms with Gasteiger partial charge < -0.3 is 4.74 Å². The monoisotopic (exact) mass is 186 g/mol. The lowest BCUT2D eigenvalue weighted by atomic mass is 10.1. The summed E-state index contributed by atoms with van der Waals surface area (Å²) in [7, 11) is 0. The van der Waals surface area contributed by atoms with Gasteiger partial charge >= 0.3 is 6.61 Å². The lowest BCUT2D eigenvalue weighted by Crippen LogP contribution is -2.03. The predicted molar refractivity (Wildman–Crippen MR) is 43.8 cm³/mol. The van der Waals surface area contributed by atoms with E-state index in [9.17, 15) is 8.78 Å². The molecule has 0 N–H and O–H groups in total. The minimum atomic E-state index is -2.80. The van der Waals surface area contributed by atoms with Gasteiger partial charge in [0, 0.05) is 0 Å². The first kappa shape index (κ1) is 9.89. The number of pyridine rings is 1. The molecule has 71 valence electrons. The topological polar surface area (TPSA) is 22.1 Å². The Kier molecular flexibility index (Phi) is 3.17. The summed E-state index contributed by atoms with van der Waals surface area (Å²) in [4.78, 5) is 3.68. The van der Waals surface area contributed by atoms with Gasteiger partial charge in [-0.2, -0.15) is 8.78 Å². The van der Waals surface area contributed by atoms with Crippen molar-refractivity contribution in [3.8, 4) is 5.75 Å². The number of hydrogen-bond acceptors (Lipinski definition) is 2. The first-order chi connectivity index (χ1) is 6.09. The molecule has 1 rings (SSSR count). The van der Waals surface area contributed by atoms with E-state index in [0.717, 1.165) is 5.56 Å². The minimum Gasteiger partial charge on any atom is -0.433 e. The Bertz CT molecular complexity index is 276. The van der Waals surface area contributed by atoms with Crippen molar-refractivity contribution in [2.45, 2.75) is 26.4 Å². The molecule has 0 aliphatic carbocycles. The fraction of sp³-hybridized carbons (Fsp3) is 0.444. The number of rotatable bonds is 3. The molecule has 0 saturated carbocycles. The molecule has 0 aliphatic heterocycles. The van der Waals surface area contributed by atoms with Crippen LogP contribution >= 0.6 is 0 Å². The third kappa shape index (κ3) is 2.97. The molecule has 1 heterocycles. The van der Waals surface area contributed by atoms with Gasteiger partial charge in [0.15, 0.2) is 0 Å². The minimum absolute atomic E-state index is 0.0810. The van der Waals surface area contributed by atoms with Crippen LogP contribution in [0.4, 0.5) is 8.78 Å². The van der Waals surface area contributed by atoms with Crippen molar-refractivity contribution >= 4 is 0 Å². The molecule has 0 spiro atoms. The smallest absolute Gasteiger partial charge is 0.387 e. The van der Waals surface area contributed by atoms with Gasteiger partial charge in [-0.3, -0.25) is 4.98 Å². The summed E-state index contributed by atoms with van der Waals surface area (Å²) in [5.74, 6) is 0.283. The number of nitrogens with zero attached hydrogens (tertiary/aromatic N) is 1. The molecule has 0 unspecified atom stereocenters. The Morgan fingerprint density at radius 3 is 2.69 bits per heavy atom. The maximum absolute atomic E-state index is 11.8. The van der Waals surface area contributed by atoms with Crippen LogP contribution in [0.5, 0.6) is 5.75 Å². The highest BCUT2D eigenvalue weighted by Crippen LogP contribution is 2.19. The van der Waals surface area contributed by atoms with Crippen molar-refractivity contribution in [1.82, 2.24) is 4.98 Å². The van der Waals surface area contributed by atoms with Crippen molar-refractivity contribution in [1.29, 1.82) is 0 Å². The number of aromatic nitrogens is 1. The van der Waals surface area contributed by atoms with Gasteiger partial charge in [0.05, 0.1) is 12.4 Å². The molecule has 0 bridgehead atoms. The predicted octanol–water partition coefficient (Wildman–Crippen LogP) is 2.61. The van der Waals surface area contributed by atoms with Crippen molar-refractivity contribution < 1.29 is 13.5 Å². The summed E-state index contributed by atoms with van der Waals surface area (Å²) in [5.41, 5.74) is 0.762. The standard InChI is InChI=1S/C9H10F2NO/c1-6(2)7-3-8(5-12-4-7)13-9(10)11/h3,5-6,9H,1-2H3. The van der Waals surface area contributed by atoms with Crippen LogP contribution in [0.3, 0.4) is 0 Å². The summed E-state index contributed by atoms with van der Waals surface area (Å²) in [6.45, 7) is 1.06. The average molecular weight is 186 g/mol. The Balaban J connectivity index is 2.79. The van der Waals surface area contributed by atoms with Crippen LogP contribution < -0.4 is 4.74 Å². The zero-order chi connectivity index (χ0) is 9.84. The van der Waals surface area contributed by atoms with Gasteiger partial charge in [-0.05, 0) is 17.5 Å². The quantitative estimate of drug-likeness (QED) is 0.723. The molecule has 0 amide bonds. The van der Waals surface area contributed by atoms with Crippen molar-refractivity contribution in [3.63, 3.8) is 0 Å². The van der Waals surface area contributed by atoms with Crippen LogP contribution in [0.1, 0.15) is 25.3 Å². The van der Waals surface area contributed by atoms with E-state index in [4.69, 9.17) is 0 Å². The molecule has 2 nitrogen and oxygen atoms in total. The molecule has 0 saturated heterocycles. The zero-order valence-corrected chi connectivity index (χ0v) is 7.42. The lowest BCUT2D eigenvalue weighted by molar-refractivity contribution is -0.0501. The van der Waals surface area contributed by atoms with E-state index in [-0.39, 0.29) is 11.7 Å². The number of alkyl halides is 2. The zero-order valence-electron chi connectivity index (χ0n) is 7.42. The molecular formula is C9H10F2NO. The molecule has 1 aromatic rings. The van der Waals surface area contributed by atoms with Crippen LogP contribution in [0.15, 0.2) is 12.3 Å². The third-order valence-electron chi connectivity index (χ3n) is 1.53. The molecule has 0 fully saturated rings. The maximum Gasteiger partial charge on any atom is 0.387 e. The molecular weight excluding hydrogens is 176 g/mol. The first-order valence-electron chi connectivity index (χ1n) is 3.92. The number of halogens is 2. The molecule has 4 heteroatoms.